The second-order valence-corrected chi connectivity index (χ2v) is 9.38. The van der Waals surface area contributed by atoms with Crippen molar-refractivity contribution in [3.63, 3.8) is 0 Å². The fourth-order valence-corrected chi connectivity index (χ4v) is 5.55. The Kier molecular flexibility index (Phi) is 4.48. The average Bonchev–Trinajstić information content (AvgIpc) is 3.37. The van der Waals surface area contributed by atoms with Crippen LogP contribution in [0.5, 0.6) is 23.0 Å². The lowest BCUT2D eigenvalue weighted by Crippen LogP contribution is -2.35. The lowest BCUT2D eigenvalue weighted by atomic mass is 9.92. The van der Waals surface area contributed by atoms with Crippen molar-refractivity contribution in [1.82, 2.24) is 4.90 Å². The van der Waals surface area contributed by atoms with Crippen LogP contribution >= 0.6 is 24.0 Å². The highest BCUT2D eigenvalue weighted by Gasteiger charge is 2.42. The minimum absolute atomic E-state index is 0.119. The molecule has 0 radical (unpaired) electrons. The molecule has 7 heteroatoms. The smallest absolute Gasteiger partial charge is 0.267 e. The van der Waals surface area contributed by atoms with Crippen molar-refractivity contribution in [2.24, 2.45) is 0 Å². The van der Waals surface area contributed by atoms with Crippen LogP contribution in [-0.4, -0.2) is 21.9 Å². The number of thioether (sulfide) groups is 1. The molecule has 0 aliphatic carbocycles. The molecule has 158 valence electrons. The minimum Gasteiger partial charge on any atom is -0.456 e. The van der Waals surface area contributed by atoms with Gasteiger partial charge in [-0.05, 0) is 42.3 Å². The molecule has 3 heterocycles. The van der Waals surface area contributed by atoms with Crippen LogP contribution < -0.4 is 14.2 Å². The summed E-state index contributed by atoms with van der Waals surface area (Å²) in [5, 5.41) is 0. The van der Waals surface area contributed by atoms with Crippen molar-refractivity contribution in [3.8, 4) is 23.0 Å². The van der Waals surface area contributed by atoms with Crippen LogP contribution in [0.4, 0.5) is 0 Å². The van der Waals surface area contributed by atoms with Gasteiger partial charge in [-0.3, -0.25) is 9.69 Å². The third-order valence-corrected chi connectivity index (χ3v) is 7.07. The van der Waals surface area contributed by atoms with Gasteiger partial charge in [-0.2, -0.15) is 0 Å². The second-order valence-electron chi connectivity index (χ2n) is 7.70. The molecule has 1 saturated heterocycles. The van der Waals surface area contributed by atoms with Gasteiger partial charge in [-0.25, -0.2) is 0 Å². The number of hydrogen-bond donors (Lipinski definition) is 0. The van der Waals surface area contributed by atoms with Crippen molar-refractivity contribution >= 4 is 40.3 Å². The van der Waals surface area contributed by atoms with Gasteiger partial charge in [0.25, 0.3) is 5.91 Å². The van der Waals surface area contributed by atoms with E-state index in [1.807, 2.05) is 73.7 Å². The molecular weight excluding hydrogens is 442 g/mol. The van der Waals surface area contributed by atoms with E-state index < -0.39 is 0 Å². The molecule has 6 rings (SSSR count). The number of carbonyl (C=O) groups is 1. The Bertz CT molecular complexity index is 1330. The summed E-state index contributed by atoms with van der Waals surface area (Å²) in [6.07, 6.45) is 1.85. The monoisotopic (exact) mass is 459 g/mol. The normalized spacial score (nSPS) is 19.7. The van der Waals surface area contributed by atoms with Crippen LogP contribution in [-0.2, 0) is 4.79 Å². The second kappa shape index (κ2) is 7.39. The largest absolute Gasteiger partial charge is 0.456 e. The first kappa shape index (κ1) is 19.4. The number of amides is 1. The van der Waals surface area contributed by atoms with Gasteiger partial charge >= 0.3 is 0 Å². The van der Waals surface area contributed by atoms with E-state index in [9.17, 15) is 4.79 Å². The standard InChI is InChI=1S/C25H17NO4S2/c1-14-5-4-7-17-22(16-6-2-3-8-18(16)30-23(14)17)26-24(27)21(32-25(26)31)12-15-9-10-19-20(11-15)29-13-28-19/h2-12,22H,13H2,1H3. The topological polar surface area (TPSA) is 48.0 Å². The van der Waals surface area contributed by atoms with Crippen LogP contribution in [0.25, 0.3) is 6.08 Å². The van der Waals surface area contributed by atoms with E-state index in [1.54, 1.807) is 4.90 Å². The SMILES string of the molecule is Cc1cccc2c1Oc1ccccc1C2N1C(=O)C(=Cc2ccc3c(c2)OCO3)SC1=S. The Labute approximate surface area is 194 Å². The first-order chi connectivity index (χ1) is 15.6. The fourth-order valence-electron chi connectivity index (χ4n) is 4.24. The van der Waals surface area contributed by atoms with E-state index >= 15 is 0 Å². The average molecular weight is 460 g/mol. The summed E-state index contributed by atoms with van der Waals surface area (Å²) in [5.74, 6) is 2.79. The molecule has 1 fully saturated rings. The number of rotatable bonds is 2. The Hall–Kier alpha value is -3.29. The van der Waals surface area contributed by atoms with Crippen molar-refractivity contribution in [1.29, 1.82) is 0 Å². The van der Waals surface area contributed by atoms with Crippen molar-refractivity contribution in [3.05, 3.63) is 87.8 Å². The van der Waals surface area contributed by atoms with Gasteiger partial charge in [0.1, 0.15) is 15.8 Å². The van der Waals surface area contributed by atoms with Crippen molar-refractivity contribution < 1.29 is 19.0 Å². The van der Waals surface area contributed by atoms with Crippen LogP contribution in [0.1, 0.15) is 28.3 Å². The summed E-state index contributed by atoms with van der Waals surface area (Å²) in [7, 11) is 0. The van der Waals surface area contributed by atoms with Gasteiger partial charge in [-0.15, -0.1) is 0 Å². The highest BCUT2D eigenvalue weighted by atomic mass is 32.2. The number of benzene rings is 3. The van der Waals surface area contributed by atoms with Crippen LogP contribution in [0.2, 0.25) is 0 Å². The van der Waals surface area contributed by atoms with Gasteiger partial charge in [0.2, 0.25) is 6.79 Å². The molecule has 1 unspecified atom stereocenters. The molecule has 3 aliphatic rings. The van der Waals surface area contributed by atoms with E-state index in [-0.39, 0.29) is 18.7 Å². The van der Waals surface area contributed by atoms with Gasteiger partial charge in [0.15, 0.2) is 11.5 Å². The summed E-state index contributed by atoms with van der Waals surface area (Å²) in [5.41, 5.74) is 3.73. The maximum atomic E-state index is 13.6. The first-order valence-corrected chi connectivity index (χ1v) is 11.4. The lowest BCUT2D eigenvalue weighted by molar-refractivity contribution is -0.123. The zero-order valence-electron chi connectivity index (χ0n) is 17.0. The number of nitrogens with zero attached hydrogens (tertiary/aromatic N) is 1. The third kappa shape index (κ3) is 3.00. The molecule has 0 spiro atoms. The molecule has 0 N–H and O–H groups in total. The van der Waals surface area contributed by atoms with Gasteiger partial charge in [0.05, 0.1) is 10.9 Å². The Morgan fingerprint density at radius 2 is 1.81 bits per heavy atom. The van der Waals surface area contributed by atoms with Gasteiger partial charge < -0.3 is 14.2 Å². The van der Waals surface area contributed by atoms with E-state index in [2.05, 4.69) is 0 Å². The molecule has 32 heavy (non-hydrogen) atoms. The van der Waals surface area contributed by atoms with Gasteiger partial charge in [0, 0.05) is 11.1 Å². The number of carbonyl (C=O) groups excluding carboxylic acids is 1. The molecule has 1 amide bonds. The summed E-state index contributed by atoms with van der Waals surface area (Å²) < 4.78 is 17.6. The molecule has 0 saturated carbocycles. The predicted octanol–water partition coefficient (Wildman–Crippen LogP) is 5.82. The van der Waals surface area contributed by atoms with E-state index in [0.717, 1.165) is 33.8 Å². The maximum Gasteiger partial charge on any atom is 0.267 e. The van der Waals surface area contributed by atoms with E-state index in [1.165, 1.54) is 11.8 Å². The summed E-state index contributed by atoms with van der Waals surface area (Å²) in [6.45, 7) is 2.22. The first-order valence-electron chi connectivity index (χ1n) is 10.1. The molecule has 3 aromatic rings. The molecule has 3 aliphatic heterocycles. The fraction of sp³-hybridized carbons (Fsp3) is 0.120. The maximum absolute atomic E-state index is 13.6. The number of thiocarbonyl (C=S) groups is 1. The lowest BCUT2D eigenvalue weighted by Gasteiger charge is -2.34. The molecule has 1 atom stereocenters. The van der Waals surface area contributed by atoms with E-state index in [4.69, 9.17) is 26.4 Å². The van der Waals surface area contributed by atoms with Crippen molar-refractivity contribution in [2.75, 3.05) is 6.79 Å². The van der Waals surface area contributed by atoms with Gasteiger partial charge in [-0.1, -0.05) is 66.4 Å². The van der Waals surface area contributed by atoms with Crippen LogP contribution in [0.15, 0.2) is 65.6 Å². The quantitative estimate of drug-likeness (QED) is 0.356. The number of aryl methyl sites for hydroxylation is 1. The van der Waals surface area contributed by atoms with Crippen LogP contribution in [0.3, 0.4) is 0 Å². The predicted molar refractivity (Wildman–Crippen MR) is 127 cm³/mol. The minimum atomic E-state index is -0.343. The van der Waals surface area contributed by atoms with Crippen LogP contribution in [0, 0.1) is 6.92 Å². The molecular formula is C25H17NO4S2. The summed E-state index contributed by atoms with van der Waals surface area (Å²) >= 11 is 7.02. The third-order valence-electron chi connectivity index (χ3n) is 5.74. The summed E-state index contributed by atoms with van der Waals surface area (Å²) in [6, 6.07) is 19.1. The molecule has 3 aromatic carbocycles. The zero-order chi connectivity index (χ0) is 21.8. The number of hydrogen-bond acceptors (Lipinski definition) is 6. The van der Waals surface area contributed by atoms with Crippen molar-refractivity contribution in [2.45, 2.75) is 13.0 Å². The molecule has 5 nitrogen and oxygen atoms in total. The highest BCUT2D eigenvalue weighted by molar-refractivity contribution is 8.26. The van der Waals surface area contributed by atoms with E-state index in [0.29, 0.717) is 20.7 Å². The number of fused-ring (bicyclic) bond motifs is 3. The zero-order valence-corrected chi connectivity index (χ0v) is 18.7. The summed E-state index contributed by atoms with van der Waals surface area (Å²) in [4.78, 5) is 15.9. The molecule has 0 bridgehead atoms. The number of ether oxygens (including phenoxy) is 3. The Morgan fingerprint density at radius 1 is 1.00 bits per heavy atom. The molecule has 0 aromatic heterocycles. The Morgan fingerprint density at radius 3 is 2.72 bits per heavy atom. The highest BCUT2D eigenvalue weighted by Crippen LogP contribution is 2.50. The Balaban J connectivity index is 1.42. The number of para-hydroxylation sites is 2.